The van der Waals surface area contributed by atoms with Crippen LogP contribution in [-0.2, 0) is 14.9 Å². The molecule has 98 valence electrons. The molecule has 1 fully saturated rings. The molecule has 0 heterocycles. The van der Waals surface area contributed by atoms with Gasteiger partial charge in [0.25, 0.3) is 0 Å². The Hall–Kier alpha value is -1.51. The molecule has 1 aliphatic rings. The number of benzene rings is 1. The van der Waals surface area contributed by atoms with Gasteiger partial charge in [0.15, 0.2) is 0 Å². The highest BCUT2D eigenvalue weighted by molar-refractivity contribution is 5.83. The maximum atomic E-state index is 12.2. The van der Waals surface area contributed by atoms with Crippen molar-refractivity contribution in [3.05, 3.63) is 29.8 Å². The van der Waals surface area contributed by atoms with E-state index in [2.05, 4.69) is 0 Å². The quantitative estimate of drug-likeness (QED) is 0.771. The van der Waals surface area contributed by atoms with Crippen molar-refractivity contribution >= 4 is 5.97 Å². The molecule has 0 bridgehead atoms. The highest BCUT2D eigenvalue weighted by atomic mass is 16.5. The summed E-state index contributed by atoms with van der Waals surface area (Å²) in [5.41, 5.74) is 0.606. The molecule has 0 amide bonds. The van der Waals surface area contributed by atoms with Gasteiger partial charge in [0.1, 0.15) is 5.75 Å². The van der Waals surface area contributed by atoms with Gasteiger partial charge >= 0.3 is 5.97 Å². The van der Waals surface area contributed by atoms with Crippen LogP contribution < -0.4 is 4.74 Å². The van der Waals surface area contributed by atoms with Crippen LogP contribution in [-0.4, -0.2) is 20.2 Å². The normalized spacial score (nSPS) is 18.1. The maximum Gasteiger partial charge on any atom is 0.316 e. The molecule has 1 aromatic rings. The minimum absolute atomic E-state index is 0.104. The topological polar surface area (TPSA) is 35.5 Å². The van der Waals surface area contributed by atoms with E-state index in [9.17, 15) is 4.79 Å². The summed E-state index contributed by atoms with van der Waals surface area (Å²) in [6.45, 7) is 0. The van der Waals surface area contributed by atoms with E-state index in [1.807, 2.05) is 24.3 Å². The molecule has 0 unspecified atom stereocenters. The third-order valence-corrected chi connectivity index (χ3v) is 3.93. The van der Waals surface area contributed by atoms with Crippen LogP contribution in [0, 0.1) is 0 Å². The molecule has 0 aliphatic heterocycles. The molecule has 1 saturated carbocycles. The van der Waals surface area contributed by atoms with E-state index in [1.54, 1.807) is 7.11 Å². The van der Waals surface area contributed by atoms with Crippen molar-refractivity contribution < 1.29 is 14.3 Å². The number of hydrogen-bond acceptors (Lipinski definition) is 3. The largest absolute Gasteiger partial charge is 0.497 e. The smallest absolute Gasteiger partial charge is 0.316 e. The monoisotopic (exact) mass is 248 g/mol. The number of ether oxygens (including phenoxy) is 2. The number of hydrogen-bond donors (Lipinski definition) is 0. The van der Waals surface area contributed by atoms with Crippen molar-refractivity contribution in [2.24, 2.45) is 0 Å². The van der Waals surface area contributed by atoms with Crippen molar-refractivity contribution in [3.8, 4) is 5.75 Å². The molecule has 1 aromatic carbocycles. The fourth-order valence-electron chi connectivity index (χ4n) is 2.87. The summed E-state index contributed by atoms with van der Waals surface area (Å²) in [6.07, 6.45) is 5.13. The van der Waals surface area contributed by atoms with Crippen molar-refractivity contribution in [2.75, 3.05) is 14.2 Å². The van der Waals surface area contributed by atoms with Crippen LogP contribution in [0.2, 0.25) is 0 Å². The van der Waals surface area contributed by atoms with Crippen molar-refractivity contribution in [2.45, 2.75) is 37.5 Å². The first-order valence-electron chi connectivity index (χ1n) is 6.46. The summed E-state index contributed by atoms with van der Waals surface area (Å²) < 4.78 is 10.2. The minimum atomic E-state index is -0.445. The first-order chi connectivity index (χ1) is 8.73. The Morgan fingerprint density at radius 3 is 2.17 bits per heavy atom. The molecule has 2 rings (SSSR count). The molecule has 3 nitrogen and oxygen atoms in total. The third kappa shape index (κ3) is 2.22. The molecule has 0 aromatic heterocycles. The Morgan fingerprint density at radius 2 is 1.67 bits per heavy atom. The van der Waals surface area contributed by atoms with Gasteiger partial charge in [0.05, 0.1) is 19.6 Å². The highest BCUT2D eigenvalue weighted by Gasteiger charge is 2.42. The van der Waals surface area contributed by atoms with Gasteiger partial charge in [-0.1, -0.05) is 31.4 Å². The molecule has 0 atom stereocenters. The Bertz CT molecular complexity index is 402. The number of rotatable bonds is 3. The number of carbonyl (C=O) groups is 1. The molecule has 1 aliphatic carbocycles. The number of methoxy groups -OCH3 is 2. The predicted octanol–water partition coefficient (Wildman–Crippen LogP) is 3.07. The van der Waals surface area contributed by atoms with Gasteiger partial charge in [0.2, 0.25) is 0 Å². The summed E-state index contributed by atoms with van der Waals surface area (Å²) in [7, 11) is 3.12. The summed E-state index contributed by atoms with van der Waals surface area (Å²) in [4.78, 5) is 12.2. The van der Waals surface area contributed by atoms with Crippen LogP contribution in [0.3, 0.4) is 0 Å². The van der Waals surface area contributed by atoms with Gasteiger partial charge < -0.3 is 9.47 Å². The average molecular weight is 248 g/mol. The lowest BCUT2D eigenvalue weighted by Gasteiger charge is -2.35. The van der Waals surface area contributed by atoms with Gasteiger partial charge in [-0.3, -0.25) is 4.79 Å². The Balaban J connectivity index is 2.35. The molecule has 3 heteroatoms. The Kier molecular flexibility index (Phi) is 3.90. The molecular weight excluding hydrogens is 228 g/mol. The molecule has 0 radical (unpaired) electrons. The number of carbonyl (C=O) groups excluding carboxylic acids is 1. The summed E-state index contributed by atoms with van der Waals surface area (Å²) in [5.74, 6) is 0.710. The van der Waals surface area contributed by atoms with E-state index in [-0.39, 0.29) is 5.97 Å². The standard InChI is InChI=1S/C15H20O3/c1-17-13-8-6-12(7-9-13)15(14(16)18-2)10-4-3-5-11-15/h6-9H,3-5,10-11H2,1-2H3. The van der Waals surface area contributed by atoms with E-state index in [0.29, 0.717) is 0 Å². The first-order valence-corrected chi connectivity index (χ1v) is 6.46. The van der Waals surface area contributed by atoms with Crippen LogP contribution in [0.1, 0.15) is 37.7 Å². The van der Waals surface area contributed by atoms with Crippen LogP contribution >= 0.6 is 0 Å². The van der Waals surface area contributed by atoms with Crippen LogP contribution in [0.4, 0.5) is 0 Å². The number of esters is 1. The lowest BCUT2D eigenvalue weighted by Crippen LogP contribution is -2.38. The fraction of sp³-hybridized carbons (Fsp3) is 0.533. The lowest BCUT2D eigenvalue weighted by atomic mass is 9.69. The Morgan fingerprint density at radius 1 is 1.06 bits per heavy atom. The van der Waals surface area contributed by atoms with E-state index in [0.717, 1.165) is 37.0 Å². The maximum absolute atomic E-state index is 12.2. The fourth-order valence-corrected chi connectivity index (χ4v) is 2.87. The molecule has 0 spiro atoms. The SMILES string of the molecule is COC(=O)C1(c2ccc(OC)cc2)CCCCC1. The van der Waals surface area contributed by atoms with Crippen LogP contribution in [0.25, 0.3) is 0 Å². The third-order valence-electron chi connectivity index (χ3n) is 3.93. The Labute approximate surface area is 108 Å². The van der Waals surface area contributed by atoms with Gasteiger partial charge in [-0.2, -0.15) is 0 Å². The zero-order chi connectivity index (χ0) is 13.0. The zero-order valence-electron chi connectivity index (χ0n) is 11.1. The minimum Gasteiger partial charge on any atom is -0.497 e. The van der Waals surface area contributed by atoms with Gasteiger partial charge in [-0.25, -0.2) is 0 Å². The second-order valence-corrected chi connectivity index (χ2v) is 4.86. The summed E-state index contributed by atoms with van der Waals surface area (Å²) in [5, 5.41) is 0. The van der Waals surface area contributed by atoms with Crippen molar-refractivity contribution in [1.29, 1.82) is 0 Å². The van der Waals surface area contributed by atoms with Crippen LogP contribution in [0.5, 0.6) is 5.75 Å². The summed E-state index contributed by atoms with van der Waals surface area (Å²) >= 11 is 0. The molecule has 18 heavy (non-hydrogen) atoms. The highest BCUT2D eigenvalue weighted by Crippen LogP contribution is 2.40. The van der Waals surface area contributed by atoms with E-state index in [4.69, 9.17) is 9.47 Å². The van der Waals surface area contributed by atoms with E-state index >= 15 is 0 Å². The molecule has 0 N–H and O–H groups in total. The molecular formula is C15H20O3. The van der Waals surface area contributed by atoms with Crippen molar-refractivity contribution in [1.82, 2.24) is 0 Å². The first kappa shape index (κ1) is 12.9. The molecule has 0 saturated heterocycles. The zero-order valence-corrected chi connectivity index (χ0v) is 11.1. The van der Waals surface area contributed by atoms with Gasteiger partial charge in [-0.15, -0.1) is 0 Å². The average Bonchev–Trinajstić information content (AvgIpc) is 2.47. The predicted molar refractivity (Wildman–Crippen MR) is 69.8 cm³/mol. The van der Waals surface area contributed by atoms with E-state index in [1.165, 1.54) is 13.5 Å². The van der Waals surface area contributed by atoms with Crippen LogP contribution in [0.15, 0.2) is 24.3 Å². The lowest BCUT2D eigenvalue weighted by molar-refractivity contribution is -0.149. The van der Waals surface area contributed by atoms with E-state index < -0.39 is 5.41 Å². The van der Waals surface area contributed by atoms with Gasteiger partial charge in [-0.05, 0) is 30.5 Å². The summed E-state index contributed by atoms with van der Waals surface area (Å²) in [6, 6.07) is 7.80. The second kappa shape index (κ2) is 5.42. The van der Waals surface area contributed by atoms with Crippen molar-refractivity contribution in [3.63, 3.8) is 0 Å². The van der Waals surface area contributed by atoms with Gasteiger partial charge in [0, 0.05) is 0 Å². The second-order valence-electron chi connectivity index (χ2n) is 4.86.